The van der Waals surface area contributed by atoms with E-state index >= 15 is 0 Å². The third-order valence-corrected chi connectivity index (χ3v) is 8.73. The number of ether oxygens (including phenoxy) is 2. The van der Waals surface area contributed by atoms with Gasteiger partial charge in [0.15, 0.2) is 6.61 Å². The van der Waals surface area contributed by atoms with Gasteiger partial charge in [0.2, 0.25) is 23.6 Å². The summed E-state index contributed by atoms with van der Waals surface area (Å²) in [5, 5.41) is 16.5. The molecule has 7 rings (SSSR count). The monoisotopic (exact) mass is 682 g/mol. The predicted octanol–water partition coefficient (Wildman–Crippen LogP) is 0.748. The summed E-state index contributed by atoms with van der Waals surface area (Å²) in [7, 11) is 0. The molecule has 14 heteroatoms. The number of hydrogen-bond acceptors (Lipinski definition) is 8. The molecule has 1 saturated carbocycles. The average Bonchev–Trinajstić information content (AvgIpc) is 3.90. The van der Waals surface area contributed by atoms with Gasteiger partial charge in [0.25, 0.3) is 11.8 Å². The SMILES string of the molecule is C[C@@H]1NC(=O)[C@@H](NC(=O)c2ccc3c(c2)OCC(=O)N3)Cc2ccc(cc2)OCCNC(=O)C2(CC2)NC(=O)[C@@H](Cc2ccccc2)NC1=O. The van der Waals surface area contributed by atoms with E-state index in [-0.39, 0.29) is 50.0 Å². The molecule has 0 radical (unpaired) electrons. The lowest BCUT2D eigenvalue weighted by atomic mass is 10.0. The van der Waals surface area contributed by atoms with E-state index in [0.29, 0.717) is 35.6 Å². The maximum Gasteiger partial charge on any atom is 0.262 e. The predicted molar refractivity (Wildman–Crippen MR) is 180 cm³/mol. The van der Waals surface area contributed by atoms with E-state index in [1.54, 1.807) is 30.3 Å². The molecule has 2 bridgehead atoms. The molecule has 6 amide bonds. The summed E-state index contributed by atoms with van der Waals surface area (Å²) in [5.74, 6) is -2.14. The van der Waals surface area contributed by atoms with E-state index in [1.165, 1.54) is 19.1 Å². The first-order valence-electron chi connectivity index (χ1n) is 16.4. The third kappa shape index (κ3) is 8.20. The van der Waals surface area contributed by atoms with Crippen molar-refractivity contribution in [2.75, 3.05) is 25.1 Å². The third-order valence-electron chi connectivity index (χ3n) is 8.73. The van der Waals surface area contributed by atoms with E-state index < -0.39 is 47.3 Å². The van der Waals surface area contributed by atoms with Gasteiger partial charge in [-0.25, -0.2) is 0 Å². The maximum absolute atomic E-state index is 13.7. The van der Waals surface area contributed by atoms with Gasteiger partial charge in [-0.3, -0.25) is 28.8 Å². The molecule has 3 aromatic rings. The number of anilines is 1. The molecule has 1 spiro atoms. The molecule has 260 valence electrons. The minimum atomic E-state index is -1.11. The zero-order valence-corrected chi connectivity index (χ0v) is 27.4. The van der Waals surface area contributed by atoms with Crippen LogP contribution in [0.15, 0.2) is 72.8 Å². The Labute approximate surface area is 288 Å². The minimum absolute atomic E-state index is 0.0703. The van der Waals surface area contributed by atoms with Crippen LogP contribution in [0.25, 0.3) is 0 Å². The van der Waals surface area contributed by atoms with Crippen LogP contribution < -0.4 is 41.4 Å². The second-order valence-corrected chi connectivity index (χ2v) is 12.6. The summed E-state index contributed by atoms with van der Waals surface area (Å²) in [4.78, 5) is 79.0. The molecule has 1 fully saturated rings. The van der Waals surface area contributed by atoms with E-state index in [1.807, 2.05) is 30.3 Å². The van der Waals surface area contributed by atoms with Gasteiger partial charge in [-0.1, -0.05) is 42.5 Å². The highest BCUT2D eigenvalue weighted by Gasteiger charge is 2.51. The molecular weight excluding hydrogens is 644 g/mol. The molecule has 3 heterocycles. The largest absolute Gasteiger partial charge is 0.492 e. The number of hydrogen-bond donors (Lipinski definition) is 6. The fraction of sp³-hybridized carbons (Fsp3) is 0.333. The summed E-state index contributed by atoms with van der Waals surface area (Å²) >= 11 is 0. The summed E-state index contributed by atoms with van der Waals surface area (Å²) < 4.78 is 11.2. The fourth-order valence-electron chi connectivity index (χ4n) is 5.72. The minimum Gasteiger partial charge on any atom is -0.492 e. The van der Waals surface area contributed by atoms with Crippen molar-refractivity contribution in [3.8, 4) is 11.5 Å². The lowest BCUT2D eigenvalue weighted by Gasteiger charge is -2.26. The van der Waals surface area contributed by atoms with Crippen LogP contribution in [-0.4, -0.2) is 78.9 Å². The Morgan fingerprint density at radius 2 is 1.64 bits per heavy atom. The Balaban J connectivity index is 1.23. The van der Waals surface area contributed by atoms with Crippen molar-refractivity contribution in [2.45, 2.75) is 56.3 Å². The molecule has 0 unspecified atom stereocenters. The Morgan fingerprint density at radius 3 is 2.38 bits per heavy atom. The molecule has 50 heavy (non-hydrogen) atoms. The van der Waals surface area contributed by atoms with Crippen LogP contribution in [0.5, 0.6) is 11.5 Å². The van der Waals surface area contributed by atoms with E-state index in [4.69, 9.17) is 9.47 Å². The summed E-state index contributed by atoms with van der Waals surface area (Å²) in [5.41, 5.74) is 1.03. The number of amides is 6. The van der Waals surface area contributed by atoms with Crippen molar-refractivity contribution >= 4 is 41.1 Å². The first kappa shape index (κ1) is 34.0. The zero-order valence-electron chi connectivity index (χ0n) is 27.4. The van der Waals surface area contributed by atoms with Crippen LogP contribution in [0, 0.1) is 0 Å². The molecule has 14 nitrogen and oxygen atoms in total. The molecular formula is C36H38N6O8. The van der Waals surface area contributed by atoms with Crippen LogP contribution in [0.1, 0.15) is 41.3 Å². The summed E-state index contributed by atoms with van der Waals surface area (Å²) in [6.07, 6.45) is 1.12. The first-order chi connectivity index (χ1) is 24.1. The second kappa shape index (κ2) is 14.7. The lowest BCUT2D eigenvalue weighted by Crippen LogP contribution is -2.59. The molecule has 3 atom stereocenters. The topological polar surface area (TPSA) is 193 Å². The van der Waals surface area contributed by atoms with Gasteiger partial charge in [0.1, 0.15) is 41.8 Å². The first-order valence-corrected chi connectivity index (χ1v) is 16.4. The lowest BCUT2D eigenvalue weighted by molar-refractivity contribution is -0.134. The standard InChI is InChI=1S/C36H38N6O8/c1-21-31(44)40-28(17-22-5-3-2-4-6-22)34(47)42-36(13-14-36)35(48)37-15-16-49-25-10-7-23(8-11-25)18-27(33(46)38-21)41-32(45)24-9-12-26-29(19-24)50-20-30(43)39-26/h2-12,19,21,27-28H,13-18,20H2,1H3,(H,37,48)(H,38,46)(H,39,43)(H,40,44)(H,41,45)(H,42,47)/t21-,27-,28+/m0/s1. The number of nitrogens with one attached hydrogen (secondary N) is 6. The van der Waals surface area contributed by atoms with E-state index in [0.717, 1.165) is 5.56 Å². The highest BCUT2D eigenvalue weighted by molar-refractivity contribution is 6.01. The van der Waals surface area contributed by atoms with Gasteiger partial charge in [0.05, 0.1) is 12.2 Å². The highest BCUT2D eigenvalue weighted by Crippen LogP contribution is 2.35. The van der Waals surface area contributed by atoms with Gasteiger partial charge >= 0.3 is 0 Å². The second-order valence-electron chi connectivity index (χ2n) is 12.6. The Kier molecular flexibility index (Phi) is 9.97. The number of fused-ring (bicyclic) bond motifs is 16. The molecule has 6 N–H and O–H groups in total. The van der Waals surface area contributed by atoms with Gasteiger partial charge < -0.3 is 41.4 Å². The molecule has 3 aromatic carbocycles. The quantitative estimate of drug-likeness (QED) is 0.217. The maximum atomic E-state index is 13.7. The van der Waals surface area contributed by atoms with Crippen molar-refractivity contribution in [1.29, 1.82) is 0 Å². The fourth-order valence-corrected chi connectivity index (χ4v) is 5.72. The molecule has 0 aromatic heterocycles. The normalized spacial score (nSPS) is 22.3. The van der Waals surface area contributed by atoms with E-state index in [9.17, 15) is 28.8 Å². The van der Waals surface area contributed by atoms with Crippen LogP contribution in [-0.2, 0) is 36.8 Å². The van der Waals surface area contributed by atoms with Crippen molar-refractivity contribution in [3.63, 3.8) is 0 Å². The Bertz CT molecular complexity index is 1790. The highest BCUT2D eigenvalue weighted by atomic mass is 16.5. The Hall–Kier alpha value is -5.92. The molecule has 1 aliphatic carbocycles. The van der Waals surface area contributed by atoms with Gasteiger partial charge in [-0.15, -0.1) is 0 Å². The number of benzene rings is 3. The smallest absolute Gasteiger partial charge is 0.262 e. The average molecular weight is 683 g/mol. The molecule has 4 aliphatic rings. The summed E-state index contributed by atoms with van der Waals surface area (Å²) in [6.45, 7) is 1.67. The van der Waals surface area contributed by atoms with Crippen LogP contribution >= 0.6 is 0 Å². The van der Waals surface area contributed by atoms with Crippen molar-refractivity contribution in [2.24, 2.45) is 0 Å². The van der Waals surface area contributed by atoms with Gasteiger partial charge in [-0.05, 0) is 61.2 Å². The van der Waals surface area contributed by atoms with Crippen LogP contribution in [0.4, 0.5) is 5.69 Å². The molecule has 0 saturated heterocycles. The van der Waals surface area contributed by atoms with Gasteiger partial charge in [-0.2, -0.15) is 0 Å². The van der Waals surface area contributed by atoms with Crippen molar-refractivity contribution < 1.29 is 38.2 Å². The van der Waals surface area contributed by atoms with Crippen LogP contribution in [0.2, 0.25) is 0 Å². The number of rotatable bonds is 4. The van der Waals surface area contributed by atoms with E-state index in [2.05, 4.69) is 31.9 Å². The molecule has 3 aliphatic heterocycles. The number of carbonyl (C=O) groups excluding carboxylic acids is 6. The zero-order chi connectivity index (χ0) is 35.3. The van der Waals surface area contributed by atoms with Gasteiger partial charge in [0, 0.05) is 18.4 Å². The Morgan fingerprint density at radius 1 is 0.880 bits per heavy atom. The van der Waals surface area contributed by atoms with Crippen molar-refractivity contribution in [3.05, 3.63) is 89.5 Å². The van der Waals surface area contributed by atoms with Crippen LogP contribution in [0.3, 0.4) is 0 Å². The number of carbonyl (C=O) groups is 6. The summed E-state index contributed by atoms with van der Waals surface area (Å²) in [6, 6.07) is 17.3. The van der Waals surface area contributed by atoms with Crippen molar-refractivity contribution in [1.82, 2.24) is 26.6 Å².